The van der Waals surface area contributed by atoms with E-state index in [9.17, 15) is 4.39 Å². The molecule has 2 aromatic carbocycles. The maximum absolute atomic E-state index is 13.6. The van der Waals surface area contributed by atoms with Crippen LogP contribution in [0.3, 0.4) is 0 Å². The Hall–Kier alpha value is -4.08. The van der Waals surface area contributed by atoms with Crippen LogP contribution >= 0.6 is 0 Å². The fraction of sp³-hybridized carbons (Fsp3) is 0.276. The van der Waals surface area contributed by atoms with Crippen LogP contribution in [0, 0.1) is 5.95 Å². The van der Waals surface area contributed by atoms with Gasteiger partial charge in [-0.2, -0.15) is 9.37 Å². The van der Waals surface area contributed by atoms with Crippen LogP contribution in [0.5, 0.6) is 0 Å². The number of aromatic nitrogens is 3. The maximum Gasteiger partial charge on any atom is 0.229 e. The molecule has 0 unspecified atom stereocenters. The Balaban J connectivity index is 1.30. The Morgan fingerprint density at radius 3 is 2.42 bits per heavy atom. The summed E-state index contributed by atoms with van der Waals surface area (Å²) < 4.78 is 13.6. The summed E-state index contributed by atoms with van der Waals surface area (Å²) in [7, 11) is 2.16. The summed E-state index contributed by atoms with van der Waals surface area (Å²) in [4.78, 5) is 24.2. The third kappa shape index (κ3) is 5.16. The van der Waals surface area contributed by atoms with Gasteiger partial charge in [-0.15, -0.1) is 0 Å². The smallest absolute Gasteiger partial charge is 0.229 e. The molecule has 2 aliphatic heterocycles. The summed E-state index contributed by atoms with van der Waals surface area (Å²) in [5.41, 5.74) is 4.68. The monoisotopic (exact) mass is 511 g/mol. The number of halogens is 1. The Labute approximate surface area is 221 Å². The Morgan fingerprint density at radius 1 is 0.895 bits per heavy atom. The molecular weight excluding hydrogens is 481 g/mol. The second-order valence-electron chi connectivity index (χ2n) is 9.64. The van der Waals surface area contributed by atoms with Crippen LogP contribution in [0.2, 0.25) is 0 Å². The summed E-state index contributed by atoms with van der Waals surface area (Å²) >= 11 is 0. The molecule has 4 aromatic rings. The normalized spacial score (nSPS) is 18.1. The van der Waals surface area contributed by atoms with Crippen molar-refractivity contribution in [3.8, 4) is 11.1 Å². The SMILES string of the molecule is CN1CCN(c2ccc(Nc3ncc(-c4ccc(F)nc4)c(N4OCC[C@H]4c4ccccc4)n3)cc2)CC1. The van der Waals surface area contributed by atoms with Gasteiger partial charge in [-0.05, 0) is 49.0 Å². The number of hydrogen-bond donors (Lipinski definition) is 1. The van der Waals surface area contributed by atoms with E-state index in [-0.39, 0.29) is 6.04 Å². The van der Waals surface area contributed by atoms with Gasteiger partial charge in [-0.25, -0.2) is 15.0 Å². The quantitative estimate of drug-likeness (QED) is 0.361. The van der Waals surface area contributed by atoms with Gasteiger partial charge in [0.25, 0.3) is 0 Å². The van der Waals surface area contributed by atoms with E-state index < -0.39 is 5.95 Å². The molecule has 2 fully saturated rings. The van der Waals surface area contributed by atoms with Crippen LogP contribution in [0.25, 0.3) is 11.1 Å². The van der Waals surface area contributed by atoms with Crippen LogP contribution in [0.1, 0.15) is 18.0 Å². The molecule has 8 nitrogen and oxygen atoms in total. The molecule has 0 aliphatic carbocycles. The van der Waals surface area contributed by atoms with Crippen LogP contribution in [-0.4, -0.2) is 59.7 Å². The van der Waals surface area contributed by atoms with Gasteiger partial charge < -0.3 is 15.1 Å². The summed E-state index contributed by atoms with van der Waals surface area (Å²) in [5.74, 6) is 0.527. The predicted octanol–water partition coefficient (Wildman–Crippen LogP) is 5.06. The minimum absolute atomic E-state index is 0.00558. The topological polar surface area (TPSA) is 69.7 Å². The van der Waals surface area contributed by atoms with Crippen molar-refractivity contribution in [1.82, 2.24) is 19.9 Å². The zero-order valence-electron chi connectivity index (χ0n) is 21.3. The molecule has 0 radical (unpaired) electrons. The molecule has 0 saturated carbocycles. The van der Waals surface area contributed by atoms with Gasteiger partial charge in [0, 0.05) is 67.5 Å². The van der Waals surface area contributed by atoms with E-state index in [1.165, 1.54) is 18.0 Å². The lowest BCUT2D eigenvalue weighted by Crippen LogP contribution is -2.44. The molecule has 38 heavy (non-hydrogen) atoms. The van der Waals surface area contributed by atoms with Crippen LogP contribution in [0.15, 0.2) is 79.1 Å². The molecular formula is C29H30FN7O. The lowest BCUT2D eigenvalue weighted by Gasteiger charge is -2.34. The Bertz CT molecular complexity index is 1360. The van der Waals surface area contributed by atoms with Crippen LogP contribution in [0.4, 0.5) is 27.5 Å². The van der Waals surface area contributed by atoms with Gasteiger partial charge in [0.15, 0.2) is 5.82 Å². The zero-order chi connectivity index (χ0) is 25.9. The first-order valence-corrected chi connectivity index (χ1v) is 12.9. The molecule has 2 aromatic heterocycles. The average Bonchev–Trinajstić information content (AvgIpc) is 3.45. The fourth-order valence-electron chi connectivity index (χ4n) is 4.95. The lowest BCUT2D eigenvalue weighted by atomic mass is 10.0. The lowest BCUT2D eigenvalue weighted by molar-refractivity contribution is 0.157. The molecule has 2 aliphatic rings. The molecule has 1 atom stereocenters. The van der Waals surface area contributed by atoms with Crippen molar-refractivity contribution in [1.29, 1.82) is 0 Å². The molecule has 9 heteroatoms. The highest BCUT2D eigenvalue weighted by atomic mass is 19.1. The summed E-state index contributed by atoms with van der Waals surface area (Å²) in [6.07, 6.45) is 4.06. The van der Waals surface area contributed by atoms with E-state index in [0.717, 1.165) is 49.4 Å². The molecule has 0 spiro atoms. The van der Waals surface area contributed by atoms with E-state index >= 15 is 0 Å². The highest BCUT2D eigenvalue weighted by Crippen LogP contribution is 2.39. The molecule has 6 rings (SSSR count). The molecule has 2 saturated heterocycles. The van der Waals surface area contributed by atoms with Gasteiger partial charge in [0.2, 0.25) is 11.9 Å². The number of likely N-dealkylation sites (N-methyl/N-ethyl adjacent to an activating group) is 1. The number of anilines is 4. The highest BCUT2D eigenvalue weighted by Gasteiger charge is 2.31. The minimum Gasteiger partial charge on any atom is -0.369 e. The Morgan fingerprint density at radius 2 is 1.68 bits per heavy atom. The zero-order valence-corrected chi connectivity index (χ0v) is 21.3. The molecule has 194 valence electrons. The van der Waals surface area contributed by atoms with Gasteiger partial charge >= 0.3 is 0 Å². The van der Waals surface area contributed by atoms with Crippen molar-refractivity contribution >= 4 is 23.1 Å². The standard InChI is InChI=1S/C29H30FN7O/c1-35-14-16-36(17-15-35)24-10-8-23(9-11-24)33-29-32-20-25(22-7-12-27(30)31-19-22)28(34-29)37-26(13-18-38-37)21-5-3-2-4-6-21/h2-12,19-20,26H,13-18H2,1H3,(H,32,33,34)/t26-/m0/s1. The van der Waals surface area contributed by atoms with Gasteiger partial charge in [0.1, 0.15) is 0 Å². The summed E-state index contributed by atoms with van der Waals surface area (Å²) in [6.45, 7) is 4.74. The summed E-state index contributed by atoms with van der Waals surface area (Å²) in [6, 6.07) is 21.6. The average molecular weight is 512 g/mol. The maximum atomic E-state index is 13.6. The van der Waals surface area contributed by atoms with Crippen molar-refractivity contribution in [2.75, 3.05) is 55.1 Å². The molecule has 4 heterocycles. The van der Waals surface area contributed by atoms with Gasteiger partial charge in [-0.3, -0.25) is 4.84 Å². The van der Waals surface area contributed by atoms with Crippen molar-refractivity contribution in [2.45, 2.75) is 12.5 Å². The fourth-order valence-corrected chi connectivity index (χ4v) is 4.95. The van der Waals surface area contributed by atoms with E-state index in [1.807, 2.05) is 35.4 Å². The van der Waals surface area contributed by atoms with E-state index in [0.29, 0.717) is 23.9 Å². The number of rotatable bonds is 6. The van der Waals surface area contributed by atoms with E-state index in [4.69, 9.17) is 9.82 Å². The number of pyridine rings is 1. The molecule has 0 amide bonds. The number of hydroxylamine groups is 1. The second kappa shape index (κ2) is 10.7. The Kier molecular flexibility index (Phi) is 6.85. The minimum atomic E-state index is -0.533. The summed E-state index contributed by atoms with van der Waals surface area (Å²) in [5, 5.41) is 5.19. The van der Waals surface area contributed by atoms with Crippen molar-refractivity contribution in [2.24, 2.45) is 0 Å². The number of nitrogens with one attached hydrogen (secondary N) is 1. The number of benzene rings is 2. The largest absolute Gasteiger partial charge is 0.369 e. The van der Waals surface area contributed by atoms with E-state index in [1.54, 1.807) is 12.3 Å². The van der Waals surface area contributed by atoms with Crippen molar-refractivity contribution in [3.63, 3.8) is 0 Å². The van der Waals surface area contributed by atoms with Crippen LogP contribution < -0.4 is 15.3 Å². The van der Waals surface area contributed by atoms with Crippen molar-refractivity contribution < 1.29 is 9.23 Å². The number of hydrogen-bond acceptors (Lipinski definition) is 8. The second-order valence-corrected chi connectivity index (χ2v) is 9.64. The highest BCUT2D eigenvalue weighted by molar-refractivity contribution is 5.76. The van der Waals surface area contributed by atoms with Crippen molar-refractivity contribution in [3.05, 3.63) is 90.6 Å². The van der Waals surface area contributed by atoms with Crippen LogP contribution in [-0.2, 0) is 4.84 Å². The third-order valence-electron chi connectivity index (χ3n) is 7.10. The predicted molar refractivity (Wildman–Crippen MR) is 147 cm³/mol. The van der Waals surface area contributed by atoms with Gasteiger partial charge in [0.05, 0.1) is 12.6 Å². The van der Waals surface area contributed by atoms with Gasteiger partial charge in [-0.1, -0.05) is 30.3 Å². The first-order chi connectivity index (χ1) is 18.6. The molecule has 1 N–H and O–H groups in total. The third-order valence-corrected chi connectivity index (χ3v) is 7.10. The number of nitrogens with zero attached hydrogens (tertiary/aromatic N) is 6. The first-order valence-electron chi connectivity index (χ1n) is 12.9. The first kappa shape index (κ1) is 24.3. The number of piperazine rings is 1. The van der Waals surface area contributed by atoms with E-state index in [2.05, 4.69) is 56.4 Å². The molecule has 0 bridgehead atoms.